The maximum Gasteiger partial charge on any atom is 0.338 e. The van der Waals surface area contributed by atoms with Crippen LogP contribution >= 0.6 is 0 Å². The largest absolute Gasteiger partial charge is 0.478 e. The van der Waals surface area contributed by atoms with Crippen molar-refractivity contribution in [1.29, 1.82) is 0 Å². The summed E-state index contributed by atoms with van der Waals surface area (Å²) in [6, 6.07) is 4.20. The van der Waals surface area contributed by atoms with Crippen LogP contribution in [-0.2, 0) is 0 Å². The van der Waals surface area contributed by atoms with E-state index in [2.05, 4.69) is 12.2 Å². The number of aromatic carboxylic acids is 1. The molecule has 0 amide bonds. The van der Waals surface area contributed by atoms with Gasteiger partial charge in [0.2, 0.25) is 0 Å². The molecule has 0 aromatic heterocycles. The first kappa shape index (κ1) is 11.9. The molecule has 4 heteroatoms. The maximum absolute atomic E-state index is 13.5. The lowest BCUT2D eigenvalue weighted by atomic mass is 9.74. The normalized spacial score (nSPS) is 17.3. The molecule has 2 rings (SSSR count). The zero-order valence-corrected chi connectivity index (χ0v) is 9.79. The molecule has 0 spiro atoms. The summed E-state index contributed by atoms with van der Waals surface area (Å²) in [5, 5.41) is 12.0. The molecule has 1 aliphatic carbocycles. The van der Waals surface area contributed by atoms with Crippen LogP contribution < -0.4 is 5.32 Å². The van der Waals surface area contributed by atoms with Crippen LogP contribution in [0.2, 0.25) is 0 Å². The molecule has 0 unspecified atom stereocenters. The molecule has 1 aliphatic rings. The van der Waals surface area contributed by atoms with E-state index in [0.717, 1.165) is 19.3 Å². The molecule has 92 valence electrons. The molecule has 2 N–H and O–H groups in total. The standard InChI is InChI=1S/C13H16FNO2/c1-2-13(6-3-7-13)15-9-4-5-10(12(16)17)11(14)8-9/h4-5,8,15H,2-3,6-7H2,1H3,(H,16,17). The second-order valence-corrected chi connectivity index (χ2v) is 4.61. The Morgan fingerprint density at radius 1 is 1.53 bits per heavy atom. The Labute approximate surface area is 99.7 Å². The van der Waals surface area contributed by atoms with Gasteiger partial charge in [0, 0.05) is 11.2 Å². The molecule has 1 aromatic rings. The van der Waals surface area contributed by atoms with Crippen molar-refractivity contribution in [2.75, 3.05) is 5.32 Å². The fraction of sp³-hybridized carbons (Fsp3) is 0.462. The van der Waals surface area contributed by atoms with Gasteiger partial charge in [0.1, 0.15) is 5.82 Å². The van der Waals surface area contributed by atoms with Crippen LogP contribution in [0.25, 0.3) is 0 Å². The number of carboxylic acids is 1. The minimum atomic E-state index is -1.23. The predicted octanol–water partition coefficient (Wildman–Crippen LogP) is 3.27. The highest BCUT2D eigenvalue weighted by atomic mass is 19.1. The number of benzene rings is 1. The van der Waals surface area contributed by atoms with Crippen LogP contribution in [0.15, 0.2) is 18.2 Å². The van der Waals surface area contributed by atoms with E-state index in [1.54, 1.807) is 6.07 Å². The Bertz CT molecular complexity index is 436. The number of rotatable bonds is 4. The molecule has 17 heavy (non-hydrogen) atoms. The van der Waals surface area contributed by atoms with Gasteiger partial charge in [-0.25, -0.2) is 9.18 Å². The van der Waals surface area contributed by atoms with Crippen molar-refractivity contribution in [3.63, 3.8) is 0 Å². The molecule has 1 fully saturated rings. The summed E-state index contributed by atoms with van der Waals surface area (Å²) in [6.45, 7) is 2.11. The zero-order valence-electron chi connectivity index (χ0n) is 9.79. The highest BCUT2D eigenvalue weighted by Gasteiger charge is 2.34. The second kappa shape index (κ2) is 4.35. The Morgan fingerprint density at radius 2 is 2.24 bits per heavy atom. The van der Waals surface area contributed by atoms with Gasteiger partial charge in [-0.1, -0.05) is 6.92 Å². The van der Waals surface area contributed by atoms with Crippen molar-refractivity contribution in [1.82, 2.24) is 0 Å². The minimum Gasteiger partial charge on any atom is -0.478 e. The first-order valence-electron chi connectivity index (χ1n) is 5.87. The molecule has 1 saturated carbocycles. The van der Waals surface area contributed by atoms with Crippen LogP contribution in [0.1, 0.15) is 43.0 Å². The van der Waals surface area contributed by atoms with Gasteiger partial charge in [-0.15, -0.1) is 0 Å². The van der Waals surface area contributed by atoms with Crippen LogP contribution in [-0.4, -0.2) is 16.6 Å². The smallest absolute Gasteiger partial charge is 0.338 e. The quantitative estimate of drug-likeness (QED) is 0.845. The van der Waals surface area contributed by atoms with Gasteiger partial charge in [0.25, 0.3) is 0 Å². The Kier molecular flexibility index (Phi) is 3.05. The average Bonchev–Trinajstić information content (AvgIpc) is 2.23. The molecular formula is C13H16FNO2. The third-order valence-corrected chi connectivity index (χ3v) is 3.60. The van der Waals surface area contributed by atoms with Crippen molar-refractivity contribution in [2.24, 2.45) is 0 Å². The molecule has 0 saturated heterocycles. The zero-order chi connectivity index (χ0) is 12.5. The van der Waals surface area contributed by atoms with E-state index in [1.807, 2.05) is 0 Å². The van der Waals surface area contributed by atoms with Crippen molar-refractivity contribution < 1.29 is 14.3 Å². The number of nitrogens with one attached hydrogen (secondary N) is 1. The van der Waals surface area contributed by atoms with Crippen molar-refractivity contribution in [2.45, 2.75) is 38.1 Å². The predicted molar refractivity (Wildman–Crippen MR) is 63.9 cm³/mol. The van der Waals surface area contributed by atoms with Crippen LogP contribution in [0.3, 0.4) is 0 Å². The van der Waals surface area contributed by atoms with Gasteiger partial charge >= 0.3 is 5.97 Å². The topological polar surface area (TPSA) is 49.3 Å². The van der Waals surface area contributed by atoms with E-state index in [4.69, 9.17) is 5.11 Å². The van der Waals surface area contributed by atoms with Gasteiger partial charge in [-0.3, -0.25) is 0 Å². The first-order valence-corrected chi connectivity index (χ1v) is 5.87. The van der Waals surface area contributed by atoms with E-state index < -0.39 is 11.8 Å². The van der Waals surface area contributed by atoms with E-state index in [-0.39, 0.29) is 11.1 Å². The van der Waals surface area contributed by atoms with Crippen molar-refractivity contribution in [3.8, 4) is 0 Å². The Morgan fingerprint density at radius 3 is 2.65 bits per heavy atom. The number of hydrogen-bond donors (Lipinski definition) is 2. The van der Waals surface area contributed by atoms with Gasteiger partial charge in [-0.2, -0.15) is 0 Å². The van der Waals surface area contributed by atoms with Crippen LogP contribution in [0.5, 0.6) is 0 Å². The number of carbonyl (C=O) groups is 1. The molecule has 0 radical (unpaired) electrons. The summed E-state index contributed by atoms with van der Waals surface area (Å²) in [7, 11) is 0. The third-order valence-electron chi connectivity index (χ3n) is 3.60. The lowest BCUT2D eigenvalue weighted by Gasteiger charge is -2.43. The fourth-order valence-electron chi connectivity index (χ4n) is 2.24. The minimum absolute atomic E-state index is 0.0805. The Hall–Kier alpha value is -1.58. The first-order chi connectivity index (χ1) is 8.06. The van der Waals surface area contributed by atoms with Crippen molar-refractivity contribution in [3.05, 3.63) is 29.6 Å². The average molecular weight is 237 g/mol. The molecule has 0 atom stereocenters. The van der Waals surface area contributed by atoms with Crippen molar-refractivity contribution >= 4 is 11.7 Å². The molecular weight excluding hydrogens is 221 g/mol. The molecule has 1 aromatic carbocycles. The van der Waals surface area contributed by atoms with E-state index in [0.29, 0.717) is 5.69 Å². The van der Waals surface area contributed by atoms with Crippen LogP contribution in [0, 0.1) is 5.82 Å². The summed E-state index contributed by atoms with van der Waals surface area (Å²) >= 11 is 0. The lowest BCUT2D eigenvalue weighted by molar-refractivity contribution is 0.0692. The van der Waals surface area contributed by atoms with E-state index >= 15 is 0 Å². The number of hydrogen-bond acceptors (Lipinski definition) is 2. The molecule has 3 nitrogen and oxygen atoms in total. The SMILES string of the molecule is CCC1(Nc2ccc(C(=O)O)c(F)c2)CCC1. The van der Waals surface area contributed by atoms with E-state index in [1.165, 1.54) is 18.6 Å². The Balaban J connectivity index is 2.17. The third kappa shape index (κ3) is 2.25. The monoisotopic (exact) mass is 237 g/mol. The van der Waals surface area contributed by atoms with Gasteiger partial charge in [-0.05, 0) is 43.9 Å². The maximum atomic E-state index is 13.5. The van der Waals surface area contributed by atoms with Gasteiger partial charge in [0.05, 0.1) is 5.56 Å². The van der Waals surface area contributed by atoms with Crippen LogP contribution in [0.4, 0.5) is 10.1 Å². The summed E-state index contributed by atoms with van der Waals surface area (Å²) < 4.78 is 13.5. The number of anilines is 1. The highest BCUT2D eigenvalue weighted by molar-refractivity contribution is 5.88. The summed E-state index contributed by atoms with van der Waals surface area (Å²) in [5.74, 6) is -1.92. The second-order valence-electron chi connectivity index (χ2n) is 4.61. The highest BCUT2D eigenvalue weighted by Crippen LogP contribution is 2.38. The fourth-order valence-corrected chi connectivity index (χ4v) is 2.24. The molecule has 0 heterocycles. The summed E-state index contributed by atoms with van der Waals surface area (Å²) in [6.07, 6.45) is 4.36. The lowest BCUT2D eigenvalue weighted by Crippen LogP contribution is -2.44. The van der Waals surface area contributed by atoms with Gasteiger partial charge in [0.15, 0.2) is 0 Å². The molecule has 0 aliphatic heterocycles. The molecule has 0 bridgehead atoms. The van der Waals surface area contributed by atoms with Gasteiger partial charge < -0.3 is 10.4 Å². The summed E-state index contributed by atoms with van der Waals surface area (Å²) in [5.41, 5.74) is 0.459. The number of halogens is 1. The number of carboxylic acid groups (broad SMARTS) is 1. The van der Waals surface area contributed by atoms with E-state index in [9.17, 15) is 9.18 Å². The summed E-state index contributed by atoms with van der Waals surface area (Å²) in [4.78, 5) is 10.7.